The van der Waals surface area contributed by atoms with Crippen molar-refractivity contribution < 1.29 is 4.79 Å². The summed E-state index contributed by atoms with van der Waals surface area (Å²) in [5.74, 6) is 0. The average molecular weight is 261 g/mol. The molecule has 0 fully saturated rings. The highest BCUT2D eigenvalue weighted by atomic mass is 79.9. The average Bonchev–Trinajstić information content (AvgIpc) is 2.51. The molecule has 1 atom stereocenters. The van der Waals surface area contributed by atoms with Gasteiger partial charge in [0.25, 0.3) is 0 Å². The first kappa shape index (κ1) is 10.9. The summed E-state index contributed by atoms with van der Waals surface area (Å²) in [4.78, 5) is 13.1. The molecule has 0 radical (unpaired) electrons. The van der Waals surface area contributed by atoms with E-state index < -0.39 is 0 Å². The molecule has 0 aliphatic heterocycles. The number of alkyl halides is 1. The lowest BCUT2D eigenvalue weighted by Gasteiger charge is -1.99. The monoisotopic (exact) mass is 260 g/mol. The van der Waals surface area contributed by atoms with Crippen LogP contribution < -0.4 is 0 Å². The number of carbonyl (C=O) groups is 1. The van der Waals surface area contributed by atoms with Gasteiger partial charge < -0.3 is 4.79 Å². The van der Waals surface area contributed by atoms with E-state index in [4.69, 9.17) is 0 Å². The number of thiophene rings is 1. The summed E-state index contributed by atoms with van der Waals surface area (Å²) in [6.45, 7) is 2.12. The lowest BCUT2D eigenvalue weighted by atomic mass is 10.2. The van der Waals surface area contributed by atoms with Crippen LogP contribution in [0.3, 0.4) is 0 Å². The van der Waals surface area contributed by atoms with Gasteiger partial charge in [-0.1, -0.05) is 15.9 Å². The Balaban J connectivity index is 2.23. The molecule has 0 N–H and O–H groups in total. The van der Waals surface area contributed by atoms with Gasteiger partial charge in [-0.05, 0) is 38.3 Å². The highest BCUT2D eigenvalue weighted by Crippen LogP contribution is 2.18. The molecular formula is C10H13BrOS. The van der Waals surface area contributed by atoms with Gasteiger partial charge >= 0.3 is 0 Å². The standard InChI is InChI=1S/C10H13BrOS/c1-8-5-6-10(13-8)4-2-3-9(11)7-12/h5-7,9H,2-4H2,1H3. The summed E-state index contributed by atoms with van der Waals surface area (Å²) in [6, 6.07) is 4.31. The van der Waals surface area contributed by atoms with Crippen LogP contribution in [0.4, 0.5) is 0 Å². The molecule has 0 spiro atoms. The summed E-state index contributed by atoms with van der Waals surface area (Å²) >= 11 is 5.13. The van der Waals surface area contributed by atoms with Crippen molar-refractivity contribution in [2.45, 2.75) is 31.0 Å². The number of rotatable bonds is 5. The second kappa shape index (κ2) is 5.55. The van der Waals surface area contributed by atoms with E-state index in [1.807, 2.05) is 11.3 Å². The Morgan fingerprint density at radius 1 is 1.62 bits per heavy atom. The number of aryl methyl sites for hydroxylation is 2. The Morgan fingerprint density at radius 2 is 2.38 bits per heavy atom. The first-order chi connectivity index (χ1) is 6.22. The Hall–Kier alpha value is -0.150. The number of aldehydes is 1. The van der Waals surface area contributed by atoms with Crippen LogP contribution >= 0.6 is 27.3 Å². The molecule has 1 rings (SSSR count). The summed E-state index contributed by atoms with van der Waals surface area (Å²) in [7, 11) is 0. The van der Waals surface area contributed by atoms with E-state index in [1.165, 1.54) is 9.75 Å². The Morgan fingerprint density at radius 3 is 2.92 bits per heavy atom. The minimum absolute atomic E-state index is 0.0357. The fraction of sp³-hybridized carbons (Fsp3) is 0.500. The van der Waals surface area contributed by atoms with Crippen LogP contribution in [0.5, 0.6) is 0 Å². The summed E-state index contributed by atoms with van der Waals surface area (Å²) in [5.41, 5.74) is 0. The fourth-order valence-electron chi connectivity index (χ4n) is 1.16. The summed E-state index contributed by atoms with van der Waals surface area (Å²) in [6.07, 6.45) is 4.06. The predicted molar refractivity (Wildman–Crippen MR) is 60.8 cm³/mol. The number of halogens is 1. The van der Waals surface area contributed by atoms with Gasteiger partial charge in [0.2, 0.25) is 0 Å². The van der Waals surface area contributed by atoms with E-state index in [0.717, 1.165) is 25.5 Å². The topological polar surface area (TPSA) is 17.1 Å². The number of hydrogen-bond acceptors (Lipinski definition) is 2. The van der Waals surface area contributed by atoms with Crippen molar-refractivity contribution in [3.8, 4) is 0 Å². The summed E-state index contributed by atoms with van der Waals surface area (Å²) in [5, 5.41) is 0. The smallest absolute Gasteiger partial charge is 0.133 e. The van der Waals surface area contributed by atoms with Crippen molar-refractivity contribution in [3.63, 3.8) is 0 Å². The summed E-state index contributed by atoms with van der Waals surface area (Å²) < 4.78 is 0. The molecule has 0 bridgehead atoms. The van der Waals surface area contributed by atoms with Crippen molar-refractivity contribution in [1.82, 2.24) is 0 Å². The van der Waals surface area contributed by atoms with Crippen molar-refractivity contribution in [2.75, 3.05) is 0 Å². The molecule has 13 heavy (non-hydrogen) atoms. The predicted octanol–water partition coefficient (Wildman–Crippen LogP) is 3.34. The zero-order chi connectivity index (χ0) is 9.68. The Bertz CT molecular complexity index is 270. The third kappa shape index (κ3) is 4.05. The maximum atomic E-state index is 10.3. The Kier molecular flexibility index (Phi) is 4.67. The minimum atomic E-state index is 0.0357. The van der Waals surface area contributed by atoms with Gasteiger partial charge in [-0.3, -0.25) is 0 Å². The molecule has 72 valence electrons. The second-order valence-corrected chi connectivity index (χ2v) is 5.61. The van der Waals surface area contributed by atoms with Gasteiger partial charge in [-0.2, -0.15) is 0 Å². The molecule has 0 saturated carbocycles. The lowest BCUT2D eigenvalue weighted by molar-refractivity contribution is -0.107. The molecule has 0 saturated heterocycles. The molecule has 1 heterocycles. The molecule has 3 heteroatoms. The third-order valence-corrected chi connectivity index (χ3v) is 3.58. The van der Waals surface area contributed by atoms with Crippen molar-refractivity contribution in [1.29, 1.82) is 0 Å². The van der Waals surface area contributed by atoms with Gasteiger partial charge in [-0.25, -0.2) is 0 Å². The minimum Gasteiger partial charge on any atom is -0.302 e. The van der Waals surface area contributed by atoms with Crippen LogP contribution in [0.2, 0.25) is 0 Å². The van der Waals surface area contributed by atoms with E-state index in [9.17, 15) is 4.79 Å². The quantitative estimate of drug-likeness (QED) is 0.587. The Labute approximate surface area is 91.3 Å². The van der Waals surface area contributed by atoms with Crippen LogP contribution in [0.1, 0.15) is 22.6 Å². The molecule has 1 aromatic rings. The van der Waals surface area contributed by atoms with Gasteiger partial charge in [0.15, 0.2) is 0 Å². The highest BCUT2D eigenvalue weighted by molar-refractivity contribution is 9.09. The molecule has 0 aliphatic rings. The molecule has 0 aromatic carbocycles. The molecule has 1 aromatic heterocycles. The third-order valence-electron chi connectivity index (χ3n) is 1.85. The first-order valence-electron chi connectivity index (χ1n) is 4.37. The molecular weight excluding hydrogens is 248 g/mol. The maximum absolute atomic E-state index is 10.3. The van der Waals surface area contributed by atoms with Crippen LogP contribution in [0.15, 0.2) is 12.1 Å². The van der Waals surface area contributed by atoms with Crippen molar-refractivity contribution in [3.05, 3.63) is 21.9 Å². The van der Waals surface area contributed by atoms with E-state index in [1.54, 1.807) is 0 Å². The molecule has 0 aliphatic carbocycles. The number of carbonyl (C=O) groups excluding carboxylic acids is 1. The van der Waals surface area contributed by atoms with Gasteiger partial charge in [0.05, 0.1) is 4.83 Å². The molecule has 1 unspecified atom stereocenters. The van der Waals surface area contributed by atoms with Crippen molar-refractivity contribution >= 4 is 33.6 Å². The van der Waals surface area contributed by atoms with E-state index in [2.05, 4.69) is 35.0 Å². The van der Waals surface area contributed by atoms with E-state index in [0.29, 0.717) is 0 Å². The van der Waals surface area contributed by atoms with E-state index in [-0.39, 0.29) is 4.83 Å². The van der Waals surface area contributed by atoms with E-state index >= 15 is 0 Å². The van der Waals surface area contributed by atoms with Crippen LogP contribution in [0, 0.1) is 6.92 Å². The van der Waals surface area contributed by atoms with Crippen molar-refractivity contribution in [2.24, 2.45) is 0 Å². The van der Waals surface area contributed by atoms with Gasteiger partial charge in [-0.15, -0.1) is 11.3 Å². The largest absolute Gasteiger partial charge is 0.302 e. The van der Waals surface area contributed by atoms with Gasteiger partial charge in [0, 0.05) is 9.75 Å². The molecule has 1 nitrogen and oxygen atoms in total. The highest BCUT2D eigenvalue weighted by Gasteiger charge is 2.02. The second-order valence-electron chi connectivity index (χ2n) is 3.06. The van der Waals surface area contributed by atoms with Crippen LogP contribution in [0.25, 0.3) is 0 Å². The number of hydrogen-bond donors (Lipinski definition) is 0. The lowest BCUT2D eigenvalue weighted by Crippen LogP contribution is -1.98. The normalized spacial score (nSPS) is 12.8. The zero-order valence-corrected chi connectivity index (χ0v) is 10.0. The maximum Gasteiger partial charge on any atom is 0.133 e. The van der Waals surface area contributed by atoms with Gasteiger partial charge in [0.1, 0.15) is 6.29 Å². The fourth-order valence-corrected chi connectivity index (χ4v) is 2.41. The first-order valence-corrected chi connectivity index (χ1v) is 6.10. The SMILES string of the molecule is Cc1ccc(CCCC(Br)C=O)s1. The zero-order valence-electron chi connectivity index (χ0n) is 7.63. The molecule has 0 amide bonds. The van der Waals surface area contributed by atoms with Crippen LogP contribution in [-0.4, -0.2) is 11.1 Å². The van der Waals surface area contributed by atoms with Crippen LogP contribution in [-0.2, 0) is 11.2 Å².